The van der Waals surface area contributed by atoms with Crippen LogP contribution in [0.3, 0.4) is 0 Å². The molecule has 0 fully saturated rings. The van der Waals surface area contributed by atoms with Crippen LogP contribution in [-0.4, -0.2) is 25.0 Å². The molecule has 0 heterocycles. The summed E-state index contributed by atoms with van der Waals surface area (Å²) in [6, 6.07) is 36.1. The molecule has 0 aliphatic carbocycles. The van der Waals surface area contributed by atoms with E-state index >= 15 is 0 Å². The molecule has 4 aromatic rings. The lowest BCUT2D eigenvalue weighted by Crippen LogP contribution is -2.52. The monoisotopic (exact) mass is 463 g/mol. The number of carbonyl (C=O) groups excluding carboxylic acids is 2. The van der Waals surface area contributed by atoms with Crippen LogP contribution in [0, 0.1) is 6.92 Å². The van der Waals surface area contributed by atoms with Gasteiger partial charge in [-0.05, 0) is 34.7 Å². The van der Waals surface area contributed by atoms with Gasteiger partial charge in [0, 0.05) is 6.42 Å². The highest BCUT2D eigenvalue weighted by Gasteiger charge is 2.45. The topological polar surface area (TPSA) is 55.4 Å². The molecule has 0 spiro atoms. The molecule has 1 amide bonds. The zero-order valence-electron chi connectivity index (χ0n) is 20.0. The number of benzene rings is 4. The van der Waals surface area contributed by atoms with Gasteiger partial charge in [0.15, 0.2) is 0 Å². The second-order valence-electron chi connectivity index (χ2n) is 8.53. The van der Waals surface area contributed by atoms with Gasteiger partial charge < -0.3 is 10.1 Å². The fourth-order valence-corrected chi connectivity index (χ4v) is 4.62. The molecule has 1 N–H and O–H groups in total. The van der Waals surface area contributed by atoms with Gasteiger partial charge in [-0.2, -0.15) is 0 Å². The third-order valence-electron chi connectivity index (χ3n) is 6.44. The highest BCUT2D eigenvalue weighted by molar-refractivity contribution is 5.98. The molecule has 1 atom stereocenters. The third kappa shape index (κ3) is 4.87. The summed E-state index contributed by atoms with van der Waals surface area (Å²) in [6.07, 6.45) is 0.333. The fraction of sp³-hybridized carbons (Fsp3) is 0.161. The maximum atomic E-state index is 14.5. The molecule has 0 aliphatic heterocycles. The Morgan fingerprint density at radius 1 is 0.714 bits per heavy atom. The quantitative estimate of drug-likeness (QED) is 0.288. The van der Waals surface area contributed by atoms with Gasteiger partial charge in [-0.1, -0.05) is 115 Å². The van der Waals surface area contributed by atoms with Crippen LogP contribution in [0.15, 0.2) is 115 Å². The molecule has 0 saturated heterocycles. The first-order valence-corrected chi connectivity index (χ1v) is 11.7. The van der Waals surface area contributed by atoms with Gasteiger partial charge >= 0.3 is 5.97 Å². The first kappa shape index (κ1) is 24.0. The summed E-state index contributed by atoms with van der Waals surface area (Å²) in [5.41, 5.74) is 3.31. The zero-order chi connectivity index (χ0) is 24.7. The standard InChI is InChI=1S/C31H29NO3/c1-23-14-12-13-15-24(23)22-28(29(33)35-2)32-30(34)31(25-16-6-3-7-17-25,26-18-8-4-9-19-26)27-20-10-5-11-21-27/h3-21,28H,22H2,1-2H3,(H,32,34)/t28-/m0/s1. The van der Waals surface area contributed by atoms with E-state index in [9.17, 15) is 9.59 Å². The van der Waals surface area contributed by atoms with E-state index in [1.165, 1.54) is 7.11 Å². The fourth-order valence-electron chi connectivity index (χ4n) is 4.62. The first-order valence-electron chi connectivity index (χ1n) is 11.7. The molecular weight excluding hydrogens is 434 g/mol. The van der Waals surface area contributed by atoms with E-state index in [1.807, 2.05) is 122 Å². The molecule has 0 aromatic heterocycles. The van der Waals surface area contributed by atoms with Gasteiger partial charge in [-0.3, -0.25) is 4.79 Å². The predicted molar refractivity (Wildman–Crippen MR) is 138 cm³/mol. The number of methoxy groups -OCH3 is 1. The van der Waals surface area contributed by atoms with Crippen molar-refractivity contribution in [1.82, 2.24) is 5.32 Å². The third-order valence-corrected chi connectivity index (χ3v) is 6.44. The van der Waals surface area contributed by atoms with Crippen molar-refractivity contribution in [3.63, 3.8) is 0 Å². The number of rotatable bonds is 8. The molecule has 0 bridgehead atoms. The summed E-state index contributed by atoms with van der Waals surface area (Å²) in [4.78, 5) is 27.3. The van der Waals surface area contributed by atoms with Crippen LogP contribution >= 0.6 is 0 Å². The Balaban J connectivity index is 1.86. The number of hydrogen-bond acceptors (Lipinski definition) is 3. The van der Waals surface area contributed by atoms with Crippen molar-refractivity contribution >= 4 is 11.9 Å². The molecule has 35 heavy (non-hydrogen) atoms. The summed E-state index contributed by atoms with van der Waals surface area (Å²) in [7, 11) is 1.35. The normalized spacial score (nSPS) is 11.9. The molecule has 176 valence electrons. The highest BCUT2D eigenvalue weighted by Crippen LogP contribution is 2.39. The Kier molecular flexibility index (Phi) is 7.41. The minimum Gasteiger partial charge on any atom is -0.467 e. The number of hydrogen-bond donors (Lipinski definition) is 1. The largest absolute Gasteiger partial charge is 0.467 e. The molecule has 4 heteroatoms. The Labute approximate surface area is 206 Å². The number of carbonyl (C=O) groups is 2. The average molecular weight is 464 g/mol. The van der Waals surface area contributed by atoms with E-state index in [1.54, 1.807) is 0 Å². The number of ether oxygens (including phenoxy) is 1. The molecule has 0 saturated carbocycles. The van der Waals surface area contributed by atoms with Gasteiger partial charge in [0.1, 0.15) is 11.5 Å². The summed E-state index contributed by atoms with van der Waals surface area (Å²) >= 11 is 0. The molecule has 4 aromatic carbocycles. The van der Waals surface area contributed by atoms with Gasteiger partial charge in [-0.15, -0.1) is 0 Å². The van der Waals surface area contributed by atoms with Crippen LogP contribution in [0.2, 0.25) is 0 Å². The second kappa shape index (κ2) is 10.8. The molecular formula is C31H29NO3. The Morgan fingerprint density at radius 3 is 1.57 bits per heavy atom. The van der Waals surface area contributed by atoms with Crippen molar-refractivity contribution in [2.75, 3.05) is 7.11 Å². The molecule has 0 unspecified atom stereocenters. The molecule has 4 rings (SSSR count). The second-order valence-corrected chi connectivity index (χ2v) is 8.53. The van der Waals surface area contributed by atoms with Gasteiger partial charge in [0.25, 0.3) is 0 Å². The van der Waals surface area contributed by atoms with Crippen molar-refractivity contribution in [3.8, 4) is 0 Å². The number of nitrogens with one attached hydrogen (secondary N) is 1. The van der Waals surface area contributed by atoms with Crippen molar-refractivity contribution in [1.29, 1.82) is 0 Å². The van der Waals surface area contributed by atoms with E-state index in [2.05, 4.69) is 5.32 Å². The van der Waals surface area contributed by atoms with Crippen molar-refractivity contribution < 1.29 is 14.3 Å². The summed E-state index contributed by atoms with van der Waals surface area (Å²) in [5, 5.41) is 3.07. The number of amides is 1. The Bertz CT molecular complexity index is 1170. The van der Waals surface area contributed by atoms with Gasteiger partial charge in [0.2, 0.25) is 5.91 Å². The Hall–Kier alpha value is -4.18. The van der Waals surface area contributed by atoms with E-state index in [0.717, 1.165) is 27.8 Å². The predicted octanol–water partition coefficient (Wildman–Crippen LogP) is 5.23. The maximum absolute atomic E-state index is 14.5. The first-order chi connectivity index (χ1) is 17.1. The highest BCUT2D eigenvalue weighted by atomic mass is 16.5. The van der Waals surface area contributed by atoms with Gasteiger partial charge in [-0.25, -0.2) is 4.79 Å². The Morgan fingerprint density at radius 2 is 1.14 bits per heavy atom. The van der Waals surface area contributed by atoms with E-state index in [-0.39, 0.29) is 5.91 Å². The van der Waals surface area contributed by atoms with Crippen LogP contribution in [0.1, 0.15) is 27.8 Å². The average Bonchev–Trinajstić information content (AvgIpc) is 2.91. The van der Waals surface area contributed by atoms with E-state index < -0.39 is 17.4 Å². The lowest BCUT2D eigenvalue weighted by atomic mass is 9.68. The summed E-state index contributed by atoms with van der Waals surface area (Å²) in [6.45, 7) is 1.99. The minimum atomic E-state index is -1.16. The van der Waals surface area contributed by atoms with Crippen LogP contribution in [0.25, 0.3) is 0 Å². The SMILES string of the molecule is COC(=O)[C@H](Cc1ccccc1C)NC(=O)C(c1ccccc1)(c1ccccc1)c1ccccc1. The molecule has 4 nitrogen and oxygen atoms in total. The van der Waals surface area contributed by atoms with Crippen molar-refractivity contribution in [3.05, 3.63) is 143 Å². The smallest absolute Gasteiger partial charge is 0.328 e. The number of esters is 1. The summed E-state index contributed by atoms with van der Waals surface area (Å²) < 4.78 is 5.10. The van der Waals surface area contributed by atoms with E-state index in [0.29, 0.717) is 6.42 Å². The minimum absolute atomic E-state index is 0.287. The van der Waals surface area contributed by atoms with Gasteiger partial charge in [0.05, 0.1) is 7.11 Å². The van der Waals surface area contributed by atoms with Crippen molar-refractivity contribution in [2.24, 2.45) is 0 Å². The van der Waals surface area contributed by atoms with E-state index in [4.69, 9.17) is 4.74 Å². The maximum Gasteiger partial charge on any atom is 0.328 e. The van der Waals surface area contributed by atoms with Crippen molar-refractivity contribution in [2.45, 2.75) is 24.8 Å². The molecule has 0 radical (unpaired) electrons. The van der Waals surface area contributed by atoms with Crippen LogP contribution < -0.4 is 5.32 Å². The molecule has 0 aliphatic rings. The van der Waals surface area contributed by atoms with Crippen LogP contribution in [-0.2, 0) is 26.2 Å². The lowest BCUT2D eigenvalue weighted by molar-refractivity contribution is -0.145. The van der Waals surface area contributed by atoms with Crippen LogP contribution in [0.5, 0.6) is 0 Å². The number of aryl methyl sites for hydroxylation is 1. The summed E-state index contributed by atoms with van der Waals surface area (Å²) in [5.74, 6) is -0.769. The van der Waals surface area contributed by atoms with Crippen LogP contribution in [0.4, 0.5) is 0 Å². The lowest BCUT2D eigenvalue weighted by Gasteiger charge is -2.35. The zero-order valence-corrected chi connectivity index (χ0v) is 20.0.